The second kappa shape index (κ2) is 7.23. The Balaban J connectivity index is 1.59. The Morgan fingerprint density at radius 1 is 1.00 bits per heavy atom. The zero-order chi connectivity index (χ0) is 20.3. The Bertz CT molecular complexity index is 642. The van der Waals surface area contributed by atoms with Gasteiger partial charge in [0.25, 0.3) is 0 Å². The van der Waals surface area contributed by atoms with Crippen molar-refractivity contribution >= 4 is 5.78 Å². The third-order valence-corrected chi connectivity index (χ3v) is 10.00. The van der Waals surface area contributed by atoms with E-state index in [1.807, 2.05) is 0 Å². The molecule has 0 aliphatic heterocycles. The first kappa shape index (κ1) is 20.6. The molecule has 4 fully saturated rings. The normalized spacial score (nSPS) is 52.0. The lowest BCUT2D eigenvalue weighted by Crippen LogP contribution is -2.58. The van der Waals surface area contributed by atoms with Gasteiger partial charge < -0.3 is 10.2 Å². The summed E-state index contributed by atoms with van der Waals surface area (Å²) < 4.78 is 0. The van der Waals surface area contributed by atoms with Crippen LogP contribution in [0.3, 0.4) is 0 Å². The van der Waals surface area contributed by atoms with Crippen molar-refractivity contribution in [2.75, 3.05) is 0 Å². The van der Waals surface area contributed by atoms with E-state index in [2.05, 4.69) is 26.8 Å². The minimum Gasteiger partial charge on any atom is -0.393 e. The molecular formula is C25H40O3. The molecule has 0 heterocycles. The molecule has 0 aromatic rings. The summed E-state index contributed by atoms with van der Waals surface area (Å²) in [5.74, 6) is 3.27. The highest BCUT2D eigenvalue weighted by Gasteiger charge is 2.62. The van der Waals surface area contributed by atoms with Gasteiger partial charge in [-0.05, 0) is 111 Å². The van der Waals surface area contributed by atoms with E-state index in [4.69, 9.17) is 0 Å². The van der Waals surface area contributed by atoms with Crippen molar-refractivity contribution in [3.05, 3.63) is 12.2 Å². The number of rotatable bonds is 3. The summed E-state index contributed by atoms with van der Waals surface area (Å²) in [6.45, 7) is 8.86. The van der Waals surface area contributed by atoms with E-state index in [9.17, 15) is 15.0 Å². The zero-order valence-corrected chi connectivity index (χ0v) is 18.2. The van der Waals surface area contributed by atoms with Gasteiger partial charge in [0, 0.05) is 0 Å². The molecule has 0 radical (unpaired) electrons. The lowest BCUT2D eigenvalue weighted by atomic mass is 9.43. The number of carbonyl (C=O) groups excluding carboxylic acids is 1. The average molecular weight is 389 g/mol. The topological polar surface area (TPSA) is 57.5 Å². The summed E-state index contributed by atoms with van der Waals surface area (Å²) in [4.78, 5) is 11.4. The minimum absolute atomic E-state index is 0.136. The van der Waals surface area contributed by atoms with E-state index in [1.54, 1.807) is 13.0 Å². The van der Waals surface area contributed by atoms with Gasteiger partial charge in [-0.1, -0.05) is 26.8 Å². The predicted molar refractivity (Wildman–Crippen MR) is 112 cm³/mol. The van der Waals surface area contributed by atoms with Gasteiger partial charge in [0.15, 0.2) is 5.78 Å². The van der Waals surface area contributed by atoms with E-state index < -0.39 is 0 Å². The Labute approximate surface area is 171 Å². The Kier molecular flexibility index (Phi) is 5.32. The molecule has 0 saturated heterocycles. The molecule has 4 aliphatic carbocycles. The van der Waals surface area contributed by atoms with Gasteiger partial charge in [0.2, 0.25) is 0 Å². The van der Waals surface area contributed by atoms with E-state index in [0.717, 1.165) is 25.7 Å². The number of aliphatic hydroxyl groups excluding tert-OH is 2. The first-order valence-electron chi connectivity index (χ1n) is 11.7. The average Bonchev–Trinajstić information content (AvgIpc) is 2.98. The van der Waals surface area contributed by atoms with Crippen molar-refractivity contribution in [2.45, 2.75) is 91.3 Å². The molecule has 3 nitrogen and oxygen atoms in total. The van der Waals surface area contributed by atoms with Crippen molar-refractivity contribution in [2.24, 2.45) is 46.3 Å². The number of fused-ring (bicyclic) bond motifs is 5. The van der Waals surface area contributed by atoms with Crippen LogP contribution in [-0.4, -0.2) is 28.2 Å². The van der Waals surface area contributed by atoms with Gasteiger partial charge >= 0.3 is 0 Å². The molecule has 0 spiro atoms. The largest absolute Gasteiger partial charge is 0.393 e. The van der Waals surface area contributed by atoms with Gasteiger partial charge in [0.05, 0.1) is 12.2 Å². The summed E-state index contributed by atoms with van der Waals surface area (Å²) in [6.07, 6.45) is 12.2. The summed E-state index contributed by atoms with van der Waals surface area (Å²) in [7, 11) is 0. The van der Waals surface area contributed by atoms with E-state index in [-0.39, 0.29) is 23.4 Å². The monoisotopic (exact) mass is 388 g/mol. The van der Waals surface area contributed by atoms with E-state index in [1.165, 1.54) is 25.7 Å². The van der Waals surface area contributed by atoms with Crippen LogP contribution in [0, 0.1) is 46.3 Å². The maximum absolute atomic E-state index is 11.4. The molecule has 4 rings (SSSR count). The van der Waals surface area contributed by atoms with Crippen LogP contribution >= 0.6 is 0 Å². The second-order valence-electron chi connectivity index (χ2n) is 11.3. The molecular weight excluding hydrogens is 348 g/mol. The number of aliphatic hydroxyl groups is 2. The molecule has 0 aromatic carbocycles. The molecule has 4 aliphatic rings. The fraction of sp³-hybridized carbons (Fsp3) is 0.880. The molecule has 0 bridgehead atoms. The summed E-state index contributed by atoms with van der Waals surface area (Å²) in [6, 6.07) is 0. The molecule has 158 valence electrons. The van der Waals surface area contributed by atoms with Crippen molar-refractivity contribution in [1.29, 1.82) is 0 Å². The van der Waals surface area contributed by atoms with Gasteiger partial charge in [-0.3, -0.25) is 4.79 Å². The zero-order valence-electron chi connectivity index (χ0n) is 18.2. The van der Waals surface area contributed by atoms with Crippen LogP contribution in [0.25, 0.3) is 0 Å². The summed E-state index contributed by atoms with van der Waals surface area (Å²) >= 11 is 0. The Hall–Kier alpha value is -0.670. The minimum atomic E-state index is -0.209. The van der Waals surface area contributed by atoms with Crippen molar-refractivity contribution in [3.63, 3.8) is 0 Å². The molecule has 0 unspecified atom stereocenters. The van der Waals surface area contributed by atoms with Crippen LogP contribution in [0.15, 0.2) is 12.2 Å². The highest BCUT2D eigenvalue weighted by Crippen LogP contribution is 2.68. The SMILES string of the molecule is CC(=O)/C=C/[C@@H](C)[C@H]1CC[C@H]2[C@@H]3[C@H](O)C[C@@H]4C[C@H](O)CC[C@]4(C)[C@H]3CC[C@]12C. The Morgan fingerprint density at radius 2 is 1.68 bits per heavy atom. The standard InChI is InChI=1S/C25H40O3/c1-15(5-6-16(2)26)19-7-8-20-23-21(10-12-25(19,20)4)24(3)11-9-18(27)13-17(24)14-22(23)28/h5-6,15,17-23,27-28H,7-14H2,1-4H3/b6-5+/t15-,17+,18-,19-,20+,21+,22-,23+,24+,25-/m1/s1. The highest BCUT2D eigenvalue weighted by atomic mass is 16.3. The number of hydrogen-bond acceptors (Lipinski definition) is 3. The van der Waals surface area contributed by atoms with Crippen molar-refractivity contribution < 1.29 is 15.0 Å². The van der Waals surface area contributed by atoms with Crippen LogP contribution in [0.4, 0.5) is 0 Å². The van der Waals surface area contributed by atoms with Crippen LogP contribution in [0.2, 0.25) is 0 Å². The van der Waals surface area contributed by atoms with E-state index in [0.29, 0.717) is 40.9 Å². The fourth-order valence-corrected chi connectivity index (χ4v) is 8.53. The maximum atomic E-state index is 11.4. The first-order chi connectivity index (χ1) is 13.2. The quantitative estimate of drug-likeness (QED) is 0.686. The summed E-state index contributed by atoms with van der Waals surface area (Å²) in [5.41, 5.74) is 0.572. The first-order valence-corrected chi connectivity index (χ1v) is 11.7. The van der Waals surface area contributed by atoms with Gasteiger partial charge in [0.1, 0.15) is 0 Å². The molecule has 10 atom stereocenters. The van der Waals surface area contributed by atoms with Crippen molar-refractivity contribution in [1.82, 2.24) is 0 Å². The second-order valence-corrected chi connectivity index (χ2v) is 11.3. The molecule has 0 aromatic heterocycles. The smallest absolute Gasteiger partial charge is 0.152 e. The van der Waals surface area contributed by atoms with Crippen LogP contribution < -0.4 is 0 Å². The third-order valence-electron chi connectivity index (χ3n) is 10.00. The number of allylic oxidation sites excluding steroid dienone is 2. The lowest BCUT2D eigenvalue weighted by molar-refractivity contribution is -0.173. The highest BCUT2D eigenvalue weighted by molar-refractivity contribution is 5.87. The molecule has 4 saturated carbocycles. The van der Waals surface area contributed by atoms with Crippen LogP contribution in [0.1, 0.15) is 79.1 Å². The predicted octanol–water partition coefficient (Wildman–Crippen LogP) is 4.76. The fourth-order valence-electron chi connectivity index (χ4n) is 8.53. The lowest BCUT2D eigenvalue weighted by Gasteiger charge is -2.62. The van der Waals surface area contributed by atoms with E-state index >= 15 is 0 Å². The Morgan fingerprint density at radius 3 is 2.39 bits per heavy atom. The van der Waals surface area contributed by atoms with Gasteiger partial charge in [-0.15, -0.1) is 0 Å². The number of ketones is 1. The molecule has 3 heteroatoms. The van der Waals surface area contributed by atoms with Crippen LogP contribution in [-0.2, 0) is 4.79 Å². The number of carbonyl (C=O) groups is 1. The molecule has 28 heavy (non-hydrogen) atoms. The third kappa shape index (κ3) is 3.12. The van der Waals surface area contributed by atoms with Crippen LogP contribution in [0.5, 0.6) is 0 Å². The molecule has 0 amide bonds. The number of hydrogen-bond donors (Lipinski definition) is 2. The van der Waals surface area contributed by atoms with Gasteiger partial charge in [-0.25, -0.2) is 0 Å². The van der Waals surface area contributed by atoms with Crippen molar-refractivity contribution in [3.8, 4) is 0 Å². The maximum Gasteiger partial charge on any atom is 0.152 e. The molecule has 2 N–H and O–H groups in total. The summed E-state index contributed by atoms with van der Waals surface area (Å²) in [5, 5.41) is 21.5. The van der Waals surface area contributed by atoms with Gasteiger partial charge in [-0.2, -0.15) is 0 Å².